The van der Waals surface area contributed by atoms with Gasteiger partial charge in [-0.25, -0.2) is 0 Å². The van der Waals surface area contributed by atoms with Crippen LogP contribution >= 0.6 is 0 Å². The highest BCUT2D eigenvalue weighted by atomic mass is 16.5. The van der Waals surface area contributed by atoms with Crippen LogP contribution in [0.15, 0.2) is 52.9 Å². The summed E-state index contributed by atoms with van der Waals surface area (Å²) in [5.74, 6) is -0.560. The number of aliphatic imine (C=N–C) groups is 1. The quantitative estimate of drug-likeness (QED) is 0.793. The molecular formula is C23H26N4O2. The van der Waals surface area contributed by atoms with Gasteiger partial charge in [0.2, 0.25) is 0 Å². The molecule has 4 rings (SSSR count). The Morgan fingerprint density at radius 3 is 2.90 bits per heavy atom. The van der Waals surface area contributed by atoms with Crippen LogP contribution in [0, 0.1) is 22.7 Å². The van der Waals surface area contributed by atoms with Crippen molar-refractivity contribution in [2.45, 2.75) is 32.6 Å². The SMILES string of the molecule is CC1(C)CC(=O)C2C(=NC(COCCN)=C(C#N)C2c2ccc3cccn3c2)C1. The summed E-state index contributed by atoms with van der Waals surface area (Å²) in [6, 6.07) is 10.4. The van der Waals surface area contributed by atoms with Gasteiger partial charge >= 0.3 is 0 Å². The second-order valence-corrected chi connectivity index (χ2v) is 8.66. The lowest BCUT2D eigenvalue weighted by Crippen LogP contribution is -2.43. The third kappa shape index (κ3) is 3.64. The minimum absolute atomic E-state index is 0.130. The first-order valence-electron chi connectivity index (χ1n) is 10.0. The predicted molar refractivity (Wildman–Crippen MR) is 112 cm³/mol. The molecule has 2 unspecified atom stereocenters. The Hall–Kier alpha value is -2.75. The van der Waals surface area contributed by atoms with Gasteiger partial charge in [0, 0.05) is 42.5 Å². The van der Waals surface area contributed by atoms with Gasteiger partial charge in [0.25, 0.3) is 0 Å². The minimum Gasteiger partial charge on any atom is -0.374 e. The van der Waals surface area contributed by atoms with Crippen LogP contribution in [-0.4, -0.2) is 35.7 Å². The Labute approximate surface area is 170 Å². The molecule has 150 valence electrons. The summed E-state index contributed by atoms with van der Waals surface area (Å²) in [5.41, 5.74) is 9.45. The van der Waals surface area contributed by atoms with E-state index in [2.05, 4.69) is 19.9 Å². The van der Waals surface area contributed by atoms with Crippen molar-refractivity contribution < 1.29 is 9.53 Å². The number of nitrogens with two attached hydrogens (primary N) is 1. The van der Waals surface area contributed by atoms with Crippen LogP contribution in [0.4, 0.5) is 0 Å². The molecule has 2 atom stereocenters. The van der Waals surface area contributed by atoms with E-state index in [1.54, 1.807) is 0 Å². The van der Waals surface area contributed by atoms with Crippen molar-refractivity contribution in [2.75, 3.05) is 19.8 Å². The fourth-order valence-corrected chi connectivity index (χ4v) is 4.59. The molecule has 0 amide bonds. The van der Waals surface area contributed by atoms with Crippen LogP contribution in [-0.2, 0) is 9.53 Å². The van der Waals surface area contributed by atoms with Crippen molar-refractivity contribution >= 4 is 17.0 Å². The highest BCUT2D eigenvalue weighted by Gasteiger charge is 2.46. The number of fused-ring (bicyclic) bond motifs is 2. The predicted octanol–water partition coefficient (Wildman–Crippen LogP) is 3.24. The number of ether oxygens (including phenoxy) is 1. The number of Topliss-reactive ketones (excluding diaryl/α,β-unsaturated/α-hetero) is 1. The van der Waals surface area contributed by atoms with Crippen molar-refractivity contribution in [3.8, 4) is 6.07 Å². The molecular weight excluding hydrogens is 364 g/mol. The zero-order chi connectivity index (χ0) is 20.6. The van der Waals surface area contributed by atoms with Crippen molar-refractivity contribution in [2.24, 2.45) is 22.1 Å². The average Bonchev–Trinajstić information content (AvgIpc) is 3.14. The van der Waals surface area contributed by atoms with Gasteiger partial charge in [-0.3, -0.25) is 9.79 Å². The van der Waals surface area contributed by atoms with E-state index < -0.39 is 0 Å². The summed E-state index contributed by atoms with van der Waals surface area (Å²) < 4.78 is 7.65. The number of carbonyl (C=O) groups excluding carboxylic acids is 1. The molecule has 1 saturated carbocycles. The van der Waals surface area contributed by atoms with Crippen LogP contribution in [0.1, 0.15) is 38.2 Å². The molecule has 1 aliphatic carbocycles. The summed E-state index contributed by atoms with van der Waals surface area (Å²) in [5, 5.41) is 10.0. The summed E-state index contributed by atoms with van der Waals surface area (Å²) in [6.07, 6.45) is 5.23. The first-order valence-corrected chi connectivity index (χ1v) is 10.0. The van der Waals surface area contributed by atoms with Gasteiger partial charge in [-0.1, -0.05) is 19.9 Å². The smallest absolute Gasteiger partial charge is 0.143 e. The largest absolute Gasteiger partial charge is 0.374 e. The highest BCUT2D eigenvalue weighted by molar-refractivity contribution is 6.10. The van der Waals surface area contributed by atoms with Crippen LogP contribution in [0.3, 0.4) is 0 Å². The zero-order valence-corrected chi connectivity index (χ0v) is 16.9. The molecule has 1 aliphatic heterocycles. The molecule has 0 saturated heterocycles. The van der Waals surface area contributed by atoms with Gasteiger partial charge < -0.3 is 14.9 Å². The second-order valence-electron chi connectivity index (χ2n) is 8.66. The van der Waals surface area contributed by atoms with Crippen molar-refractivity contribution in [3.63, 3.8) is 0 Å². The Morgan fingerprint density at radius 2 is 2.14 bits per heavy atom. The number of rotatable bonds is 5. The standard InChI is InChI=1S/C23H26N4O2/c1-23(2)10-18-22(20(28)11-23)21(15-5-6-16-4-3-8-27(16)13-15)17(12-25)19(26-18)14-29-9-7-24/h3-6,8,13,21-22H,7,9-11,14,24H2,1-2H3. The number of nitriles is 1. The molecule has 0 radical (unpaired) electrons. The third-order valence-electron chi connectivity index (χ3n) is 5.78. The molecule has 2 aromatic rings. The molecule has 0 spiro atoms. The summed E-state index contributed by atoms with van der Waals surface area (Å²) >= 11 is 0. The lowest BCUT2D eigenvalue weighted by molar-refractivity contribution is -0.124. The number of ketones is 1. The number of pyridine rings is 1. The van der Waals surface area contributed by atoms with Gasteiger partial charge in [-0.05, 0) is 35.6 Å². The molecule has 0 bridgehead atoms. The molecule has 2 aliphatic rings. The van der Waals surface area contributed by atoms with Gasteiger partial charge in [-0.15, -0.1) is 0 Å². The Kier molecular flexibility index (Phi) is 5.12. The molecule has 3 heterocycles. The number of hydrogen-bond donors (Lipinski definition) is 1. The van der Waals surface area contributed by atoms with Crippen molar-refractivity contribution in [3.05, 3.63) is 53.5 Å². The average molecular weight is 390 g/mol. The number of carbonyl (C=O) groups is 1. The van der Waals surface area contributed by atoms with Gasteiger partial charge in [0.05, 0.1) is 36.5 Å². The van der Waals surface area contributed by atoms with E-state index in [1.807, 2.05) is 41.1 Å². The van der Waals surface area contributed by atoms with Gasteiger partial charge in [-0.2, -0.15) is 5.26 Å². The topological polar surface area (TPSA) is 92.9 Å². The maximum atomic E-state index is 13.2. The number of hydrogen-bond acceptors (Lipinski definition) is 5. The van der Waals surface area contributed by atoms with E-state index >= 15 is 0 Å². The maximum Gasteiger partial charge on any atom is 0.143 e. The Morgan fingerprint density at radius 1 is 1.31 bits per heavy atom. The van der Waals surface area contributed by atoms with E-state index in [4.69, 9.17) is 15.5 Å². The zero-order valence-electron chi connectivity index (χ0n) is 16.9. The van der Waals surface area contributed by atoms with Gasteiger partial charge in [0.15, 0.2) is 0 Å². The summed E-state index contributed by atoms with van der Waals surface area (Å²) in [6.45, 7) is 5.24. The molecule has 2 aromatic heterocycles. The molecule has 1 fully saturated rings. The van der Waals surface area contributed by atoms with E-state index in [1.165, 1.54) is 0 Å². The molecule has 2 N–H and O–H groups in total. The van der Waals surface area contributed by atoms with Crippen LogP contribution in [0.5, 0.6) is 0 Å². The van der Waals surface area contributed by atoms with E-state index in [0.29, 0.717) is 30.8 Å². The second kappa shape index (κ2) is 7.58. The fourth-order valence-electron chi connectivity index (χ4n) is 4.59. The number of nitrogens with zero attached hydrogens (tertiary/aromatic N) is 3. The number of aromatic nitrogens is 1. The van der Waals surface area contributed by atoms with E-state index in [9.17, 15) is 10.1 Å². The first-order chi connectivity index (χ1) is 13.9. The van der Waals surface area contributed by atoms with E-state index in [-0.39, 0.29) is 29.6 Å². The first kappa shape index (κ1) is 19.6. The molecule has 6 heteroatoms. The molecule has 0 aromatic carbocycles. The lowest BCUT2D eigenvalue weighted by atomic mass is 9.63. The number of allylic oxidation sites excluding steroid dienone is 1. The lowest BCUT2D eigenvalue weighted by Gasteiger charge is -2.40. The monoisotopic (exact) mass is 390 g/mol. The van der Waals surface area contributed by atoms with Crippen LogP contribution in [0.25, 0.3) is 5.52 Å². The third-order valence-corrected chi connectivity index (χ3v) is 5.78. The van der Waals surface area contributed by atoms with Gasteiger partial charge in [0.1, 0.15) is 5.78 Å². The molecule has 29 heavy (non-hydrogen) atoms. The summed E-state index contributed by atoms with van der Waals surface area (Å²) in [7, 11) is 0. The molecule has 6 nitrogen and oxygen atoms in total. The van der Waals surface area contributed by atoms with Crippen molar-refractivity contribution in [1.29, 1.82) is 5.26 Å². The van der Waals surface area contributed by atoms with Crippen molar-refractivity contribution in [1.82, 2.24) is 4.40 Å². The van der Waals surface area contributed by atoms with Crippen LogP contribution in [0.2, 0.25) is 0 Å². The Bertz CT molecular complexity index is 1050. The minimum atomic E-state index is -0.385. The van der Waals surface area contributed by atoms with Crippen LogP contribution < -0.4 is 5.73 Å². The van der Waals surface area contributed by atoms with E-state index in [0.717, 1.165) is 23.2 Å². The normalized spacial score (nSPS) is 23.7. The highest BCUT2D eigenvalue weighted by Crippen LogP contribution is 2.46. The Balaban J connectivity index is 1.84. The summed E-state index contributed by atoms with van der Waals surface area (Å²) in [4.78, 5) is 18.0. The fraction of sp³-hybridized carbons (Fsp3) is 0.435. The maximum absolute atomic E-state index is 13.2.